The lowest BCUT2D eigenvalue weighted by atomic mass is 10.1. The summed E-state index contributed by atoms with van der Waals surface area (Å²) >= 11 is 0. The van der Waals surface area contributed by atoms with Crippen molar-refractivity contribution in [3.8, 4) is 11.4 Å². The highest BCUT2D eigenvalue weighted by atomic mass is 16.5. The minimum absolute atomic E-state index is 0.205. The fraction of sp³-hybridized carbons (Fsp3) is 0.192. The Hall–Kier alpha value is -4.37. The third-order valence-corrected chi connectivity index (χ3v) is 5.59. The van der Waals surface area contributed by atoms with E-state index in [2.05, 4.69) is 42.6 Å². The maximum absolute atomic E-state index is 11.9. The van der Waals surface area contributed by atoms with Crippen molar-refractivity contribution >= 4 is 39.8 Å². The van der Waals surface area contributed by atoms with Crippen molar-refractivity contribution in [2.45, 2.75) is 6.92 Å². The molecule has 35 heavy (non-hydrogen) atoms. The standard InChI is InChI=1S/C26H25N7O2/c1-2-3-23(34)30-20-9-11-27-22(16-20)25-24-18(8-10-28-25)17-29-26(32-24)31-19-4-6-21(7-5-19)33-12-14-35-15-13-33/h2-11,16-17H,12-15H2,1H3,(H,27,30,34)(H,29,31,32)/b3-2+. The number of nitrogens with one attached hydrogen (secondary N) is 2. The van der Waals surface area contributed by atoms with Gasteiger partial charge < -0.3 is 20.3 Å². The van der Waals surface area contributed by atoms with Crippen LogP contribution < -0.4 is 15.5 Å². The maximum Gasteiger partial charge on any atom is 0.248 e. The number of anilines is 4. The van der Waals surface area contributed by atoms with E-state index in [1.807, 2.05) is 18.2 Å². The van der Waals surface area contributed by atoms with Crippen molar-refractivity contribution in [1.29, 1.82) is 0 Å². The van der Waals surface area contributed by atoms with Crippen LogP contribution in [0.2, 0.25) is 0 Å². The van der Waals surface area contributed by atoms with Crippen molar-refractivity contribution in [2.75, 3.05) is 41.8 Å². The van der Waals surface area contributed by atoms with E-state index >= 15 is 0 Å². The molecule has 9 heteroatoms. The Kier molecular flexibility index (Phi) is 6.58. The SMILES string of the molecule is C/C=C/C(=O)Nc1ccnc(-c2nccc3cnc(Nc4ccc(N5CCOCC5)cc4)nc23)c1. The van der Waals surface area contributed by atoms with Crippen molar-refractivity contribution in [3.63, 3.8) is 0 Å². The van der Waals surface area contributed by atoms with Gasteiger partial charge in [0.2, 0.25) is 11.9 Å². The van der Waals surface area contributed by atoms with E-state index in [9.17, 15) is 4.79 Å². The number of aromatic nitrogens is 4. The molecule has 1 fully saturated rings. The van der Waals surface area contributed by atoms with Gasteiger partial charge in [0, 0.05) is 54.1 Å². The van der Waals surface area contributed by atoms with Gasteiger partial charge in [0.05, 0.1) is 18.9 Å². The molecule has 2 N–H and O–H groups in total. The first-order valence-electron chi connectivity index (χ1n) is 11.4. The summed E-state index contributed by atoms with van der Waals surface area (Å²) in [5, 5.41) is 6.94. The number of hydrogen-bond acceptors (Lipinski definition) is 8. The molecule has 0 bridgehead atoms. The Morgan fingerprint density at radius 2 is 1.80 bits per heavy atom. The van der Waals surface area contributed by atoms with Crippen LogP contribution in [0, 0.1) is 0 Å². The fourth-order valence-corrected chi connectivity index (χ4v) is 3.88. The fourth-order valence-electron chi connectivity index (χ4n) is 3.88. The first-order valence-corrected chi connectivity index (χ1v) is 11.4. The zero-order valence-corrected chi connectivity index (χ0v) is 19.3. The summed E-state index contributed by atoms with van der Waals surface area (Å²) in [6.07, 6.45) is 8.25. The smallest absolute Gasteiger partial charge is 0.248 e. The van der Waals surface area contributed by atoms with Crippen molar-refractivity contribution in [1.82, 2.24) is 19.9 Å². The summed E-state index contributed by atoms with van der Waals surface area (Å²) in [6, 6.07) is 13.6. The Morgan fingerprint density at radius 3 is 2.60 bits per heavy atom. The van der Waals surface area contributed by atoms with Crippen molar-refractivity contribution < 1.29 is 9.53 Å². The molecule has 1 amide bonds. The Labute approximate surface area is 202 Å². The molecule has 0 aliphatic carbocycles. The summed E-state index contributed by atoms with van der Waals surface area (Å²) in [7, 11) is 0. The molecule has 1 aromatic carbocycles. The monoisotopic (exact) mass is 467 g/mol. The van der Waals surface area contributed by atoms with Gasteiger partial charge in [-0.05, 0) is 55.5 Å². The van der Waals surface area contributed by atoms with E-state index in [1.54, 1.807) is 43.7 Å². The van der Waals surface area contributed by atoms with Crippen LogP contribution in [0.3, 0.4) is 0 Å². The van der Waals surface area contributed by atoms with Crippen LogP contribution in [-0.2, 0) is 9.53 Å². The first kappa shape index (κ1) is 22.4. The molecule has 0 radical (unpaired) electrons. The minimum atomic E-state index is -0.205. The zero-order valence-electron chi connectivity index (χ0n) is 19.3. The molecule has 1 aliphatic heterocycles. The second-order valence-electron chi connectivity index (χ2n) is 7.98. The van der Waals surface area contributed by atoms with Crippen molar-refractivity contribution in [3.05, 3.63) is 73.2 Å². The number of rotatable bonds is 6. The van der Waals surface area contributed by atoms with E-state index in [0.717, 1.165) is 43.1 Å². The number of carbonyl (C=O) groups excluding carboxylic acids is 1. The van der Waals surface area contributed by atoms with Crippen LogP contribution in [0.5, 0.6) is 0 Å². The van der Waals surface area contributed by atoms with E-state index in [-0.39, 0.29) is 5.91 Å². The molecule has 5 rings (SSSR count). The maximum atomic E-state index is 11.9. The number of ether oxygens (including phenoxy) is 1. The quantitative estimate of drug-likeness (QED) is 0.407. The largest absolute Gasteiger partial charge is 0.378 e. The molecule has 1 saturated heterocycles. The molecule has 4 heterocycles. The van der Waals surface area contributed by atoms with E-state index < -0.39 is 0 Å². The van der Waals surface area contributed by atoms with E-state index in [4.69, 9.17) is 9.72 Å². The first-order chi connectivity index (χ1) is 17.2. The van der Waals surface area contributed by atoms with Gasteiger partial charge in [-0.1, -0.05) is 6.08 Å². The lowest BCUT2D eigenvalue weighted by Gasteiger charge is -2.28. The third kappa shape index (κ3) is 5.25. The van der Waals surface area contributed by atoms with Crippen LogP contribution >= 0.6 is 0 Å². The average molecular weight is 468 g/mol. The molecule has 1 aliphatic rings. The number of fused-ring (bicyclic) bond motifs is 1. The number of nitrogens with zero attached hydrogens (tertiary/aromatic N) is 5. The predicted molar refractivity (Wildman–Crippen MR) is 137 cm³/mol. The average Bonchev–Trinajstić information content (AvgIpc) is 2.89. The van der Waals surface area contributed by atoms with Gasteiger partial charge in [0.1, 0.15) is 11.2 Å². The van der Waals surface area contributed by atoms with Gasteiger partial charge in [-0.3, -0.25) is 14.8 Å². The molecule has 0 unspecified atom stereocenters. The van der Waals surface area contributed by atoms with Gasteiger partial charge in [-0.25, -0.2) is 9.97 Å². The van der Waals surface area contributed by atoms with Gasteiger partial charge in [0.25, 0.3) is 0 Å². The van der Waals surface area contributed by atoms with Crippen LogP contribution in [0.25, 0.3) is 22.3 Å². The summed E-state index contributed by atoms with van der Waals surface area (Å²) in [5.41, 5.74) is 4.56. The van der Waals surface area contributed by atoms with E-state index in [0.29, 0.717) is 28.5 Å². The normalized spacial score (nSPS) is 13.8. The van der Waals surface area contributed by atoms with Gasteiger partial charge in [0.15, 0.2) is 0 Å². The molecular formula is C26H25N7O2. The molecule has 0 atom stereocenters. The number of pyridine rings is 2. The van der Waals surface area contributed by atoms with Gasteiger partial charge in [-0.2, -0.15) is 0 Å². The number of carbonyl (C=O) groups is 1. The molecule has 0 spiro atoms. The van der Waals surface area contributed by atoms with Crippen LogP contribution in [-0.4, -0.2) is 52.1 Å². The predicted octanol–water partition coefficient (Wildman–Crippen LogP) is 4.18. The minimum Gasteiger partial charge on any atom is -0.378 e. The summed E-state index contributed by atoms with van der Waals surface area (Å²) in [6.45, 7) is 5.08. The summed E-state index contributed by atoms with van der Waals surface area (Å²) < 4.78 is 5.43. The van der Waals surface area contributed by atoms with Crippen LogP contribution in [0.1, 0.15) is 6.92 Å². The second-order valence-corrected chi connectivity index (χ2v) is 7.98. The molecule has 3 aromatic heterocycles. The Bertz CT molecular complexity index is 1370. The van der Waals surface area contributed by atoms with Crippen molar-refractivity contribution in [2.24, 2.45) is 0 Å². The summed E-state index contributed by atoms with van der Waals surface area (Å²) in [5.74, 6) is 0.257. The zero-order chi connectivity index (χ0) is 24.0. The highest BCUT2D eigenvalue weighted by Gasteiger charge is 2.13. The summed E-state index contributed by atoms with van der Waals surface area (Å²) in [4.78, 5) is 32.4. The second kappa shape index (κ2) is 10.3. The number of amides is 1. The number of morpholine rings is 1. The van der Waals surface area contributed by atoms with Crippen LogP contribution in [0.15, 0.2) is 73.2 Å². The highest BCUT2D eigenvalue weighted by Crippen LogP contribution is 2.27. The lowest BCUT2D eigenvalue weighted by Crippen LogP contribution is -2.36. The Morgan fingerprint density at radius 1 is 1.00 bits per heavy atom. The molecular weight excluding hydrogens is 442 g/mol. The number of hydrogen-bond donors (Lipinski definition) is 2. The lowest BCUT2D eigenvalue weighted by molar-refractivity contribution is -0.111. The molecule has 9 nitrogen and oxygen atoms in total. The molecule has 0 saturated carbocycles. The molecule has 176 valence electrons. The van der Waals surface area contributed by atoms with Crippen LogP contribution in [0.4, 0.5) is 23.0 Å². The van der Waals surface area contributed by atoms with E-state index in [1.165, 1.54) is 6.08 Å². The molecule has 4 aromatic rings. The Balaban J connectivity index is 1.40. The third-order valence-electron chi connectivity index (χ3n) is 5.59. The van der Waals surface area contributed by atoms with Gasteiger partial charge >= 0.3 is 0 Å². The number of allylic oxidation sites excluding steroid dienone is 1. The van der Waals surface area contributed by atoms with Gasteiger partial charge in [-0.15, -0.1) is 0 Å². The highest BCUT2D eigenvalue weighted by molar-refractivity contribution is 5.99. The number of benzene rings is 1. The topological polar surface area (TPSA) is 105 Å².